The van der Waals surface area contributed by atoms with Crippen LogP contribution in [0.5, 0.6) is 5.75 Å². The van der Waals surface area contributed by atoms with E-state index in [-0.39, 0.29) is 12.2 Å². The van der Waals surface area contributed by atoms with Gasteiger partial charge < -0.3 is 19.3 Å². The Morgan fingerprint density at radius 2 is 1.86 bits per heavy atom. The average Bonchev–Trinajstić information content (AvgIpc) is 2.69. The van der Waals surface area contributed by atoms with Crippen molar-refractivity contribution in [3.8, 4) is 5.75 Å². The largest absolute Gasteiger partial charge is 0.415 e. The normalized spacial score (nSPS) is 15.0. The Labute approximate surface area is 170 Å². The highest BCUT2D eigenvalue weighted by Gasteiger charge is 2.24. The van der Waals surface area contributed by atoms with Crippen LogP contribution in [0.3, 0.4) is 0 Å². The highest BCUT2D eigenvalue weighted by Crippen LogP contribution is 2.18. The van der Waals surface area contributed by atoms with Crippen LogP contribution in [0.4, 0.5) is 4.79 Å². The molecule has 0 aromatic heterocycles. The van der Waals surface area contributed by atoms with E-state index in [0.717, 1.165) is 44.5 Å². The van der Waals surface area contributed by atoms with Gasteiger partial charge in [-0.1, -0.05) is 36.6 Å². The van der Waals surface area contributed by atoms with Gasteiger partial charge in [0.05, 0.1) is 6.10 Å². The van der Waals surface area contributed by atoms with Crippen LogP contribution in [0.2, 0.25) is 0 Å². The van der Waals surface area contributed by atoms with Crippen LogP contribution in [0.15, 0.2) is 36.9 Å². The molecule has 1 heterocycles. The number of aryl methyl sites for hydroxylation is 1. The van der Waals surface area contributed by atoms with Crippen molar-refractivity contribution in [2.45, 2.75) is 51.6 Å². The number of likely N-dealkylation sites (tertiary alicyclic amines) is 1. The lowest BCUT2D eigenvalue weighted by Crippen LogP contribution is -2.42. The SMILES string of the molecule is C=CCN(C)CCCCCCOC1CCN(C(=O)Oc2ccc(C)cc2)CC1. The average molecular weight is 389 g/mol. The van der Waals surface area contributed by atoms with E-state index in [0.29, 0.717) is 18.8 Å². The molecule has 1 aliphatic rings. The Kier molecular flexibility index (Phi) is 10.1. The molecule has 0 saturated carbocycles. The summed E-state index contributed by atoms with van der Waals surface area (Å²) < 4.78 is 11.5. The van der Waals surface area contributed by atoms with Crippen molar-refractivity contribution >= 4 is 6.09 Å². The van der Waals surface area contributed by atoms with Gasteiger partial charge in [-0.05, 0) is 58.3 Å². The third-order valence-corrected chi connectivity index (χ3v) is 5.15. The summed E-state index contributed by atoms with van der Waals surface area (Å²) in [5.41, 5.74) is 1.15. The van der Waals surface area contributed by atoms with Crippen molar-refractivity contribution < 1.29 is 14.3 Å². The molecule has 0 radical (unpaired) electrons. The monoisotopic (exact) mass is 388 g/mol. The Morgan fingerprint density at radius 3 is 2.54 bits per heavy atom. The van der Waals surface area contributed by atoms with Crippen LogP contribution in [0, 0.1) is 6.92 Å². The van der Waals surface area contributed by atoms with Crippen molar-refractivity contribution in [3.63, 3.8) is 0 Å². The molecule has 5 heteroatoms. The number of rotatable bonds is 11. The van der Waals surface area contributed by atoms with Gasteiger partial charge in [0.15, 0.2) is 0 Å². The first-order valence-electron chi connectivity index (χ1n) is 10.5. The zero-order chi connectivity index (χ0) is 20.2. The van der Waals surface area contributed by atoms with E-state index in [1.807, 2.05) is 37.3 Å². The first-order valence-corrected chi connectivity index (χ1v) is 10.5. The first kappa shape index (κ1) is 22.4. The topological polar surface area (TPSA) is 42.0 Å². The molecule has 0 atom stereocenters. The fraction of sp³-hybridized carbons (Fsp3) is 0.609. The lowest BCUT2D eigenvalue weighted by molar-refractivity contribution is 0.00929. The van der Waals surface area contributed by atoms with Gasteiger partial charge in [-0.3, -0.25) is 0 Å². The summed E-state index contributed by atoms with van der Waals surface area (Å²) >= 11 is 0. The summed E-state index contributed by atoms with van der Waals surface area (Å²) in [5.74, 6) is 0.602. The Morgan fingerprint density at radius 1 is 1.18 bits per heavy atom. The van der Waals surface area contributed by atoms with Crippen LogP contribution < -0.4 is 4.74 Å². The molecule has 0 unspecified atom stereocenters. The van der Waals surface area contributed by atoms with Crippen LogP contribution in [-0.4, -0.2) is 61.8 Å². The summed E-state index contributed by atoms with van der Waals surface area (Å²) in [7, 11) is 2.13. The molecule has 1 amide bonds. The van der Waals surface area contributed by atoms with Gasteiger partial charge in [-0.15, -0.1) is 6.58 Å². The molecule has 28 heavy (non-hydrogen) atoms. The number of carbonyl (C=O) groups is 1. The fourth-order valence-electron chi connectivity index (χ4n) is 3.38. The number of nitrogens with zero attached hydrogens (tertiary/aromatic N) is 2. The summed E-state index contributed by atoms with van der Waals surface area (Å²) in [6.45, 7) is 10.1. The van der Waals surface area contributed by atoms with Crippen LogP contribution in [0.1, 0.15) is 44.1 Å². The van der Waals surface area contributed by atoms with Crippen molar-refractivity contribution in [3.05, 3.63) is 42.5 Å². The van der Waals surface area contributed by atoms with Gasteiger partial charge in [0, 0.05) is 26.2 Å². The van der Waals surface area contributed by atoms with Crippen molar-refractivity contribution in [1.82, 2.24) is 9.80 Å². The number of hydrogen-bond donors (Lipinski definition) is 0. The Balaban J connectivity index is 1.52. The number of carbonyl (C=O) groups excluding carboxylic acids is 1. The number of benzene rings is 1. The van der Waals surface area contributed by atoms with E-state index < -0.39 is 0 Å². The number of piperidine rings is 1. The lowest BCUT2D eigenvalue weighted by atomic mass is 10.1. The molecule has 1 aliphatic heterocycles. The van der Waals surface area contributed by atoms with Gasteiger partial charge in [-0.25, -0.2) is 4.79 Å². The minimum absolute atomic E-state index is 0.260. The van der Waals surface area contributed by atoms with Gasteiger partial charge >= 0.3 is 6.09 Å². The van der Waals surface area contributed by atoms with Crippen molar-refractivity contribution in [2.75, 3.05) is 39.8 Å². The predicted octanol–water partition coefficient (Wildman–Crippen LogP) is 4.65. The molecule has 0 bridgehead atoms. The molecule has 1 fully saturated rings. The van der Waals surface area contributed by atoms with Crippen molar-refractivity contribution in [1.29, 1.82) is 0 Å². The molecule has 0 spiro atoms. The maximum Gasteiger partial charge on any atom is 0.415 e. The van der Waals surface area contributed by atoms with Gasteiger partial charge in [0.25, 0.3) is 0 Å². The second-order valence-electron chi connectivity index (χ2n) is 7.70. The molecule has 0 aliphatic carbocycles. The molecule has 2 rings (SSSR count). The zero-order valence-electron chi connectivity index (χ0n) is 17.6. The minimum atomic E-state index is -0.260. The standard InChI is InChI=1S/C23H36N2O3/c1-4-15-24(3)16-7-5-6-8-19-27-21-13-17-25(18-14-21)23(26)28-22-11-9-20(2)10-12-22/h4,9-12,21H,1,5-8,13-19H2,2-3H3. The smallest absolute Gasteiger partial charge is 0.410 e. The van der Waals surface area contributed by atoms with Crippen LogP contribution in [0.25, 0.3) is 0 Å². The summed E-state index contributed by atoms with van der Waals surface area (Å²) in [4.78, 5) is 16.3. The Bertz CT molecular complexity index is 580. The number of unbranched alkanes of at least 4 members (excludes halogenated alkanes) is 3. The molecular formula is C23H36N2O3. The van der Waals surface area contributed by atoms with E-state index in [9.17, 15) is 4.79 Å². The first-order chi connectivity index (χ1) is 13.6. The van der Waals surface area contributed by atoms with E-state index in [1.165, 1.54) is 19.3 Å². The quantitative estimate of drug-likeness (QED) is 0.409. The number of hydrogen-bond acceptors (Lipinski definition) is 4. The van der Waals surface area contributed by atoms with E-state index in [2.05, 4.69) is 18.5 Å². The van der Waals surface area contributed by atoms with Crippen molar-refractivity contribution in [2.24, 2.45) is 0 Å². The molecular weight excluding hydrogens is 352 g/mol. The number of likely N-dealkylation sites (N-methyl/N-ethyl adjacent to an activating group) is 1. The highest BCUT2D eigenvalue weighted by atomic mass is 16.6. The van der Waals surface area contributed by atoms with E-state index in [1.54, 1.807) is 4.90 Å². The van der Waals surface area contributed by atoms with Gasteiger partial charge in [0.1, 0.15) is 5.75 Å². The second kappa shape index (κ2) is 12.6. The Hall–Kier alpha value is -1.85. The molecule has 156 valence electrons. The number of ether oxygens (including phenoxy) is 2. The highest BCUT2D eigenvalue weighted by molar-refractivity contribution is 5.70. The maximum atomic E-state index is 12.3. The van der Waals surface area contributed by atoms with E-state index >= 15 is 0 Å². The van der Waals surface area contributed by atoms with E-state index in [4.69, 9.17) is 9.47 Å². The fourth-order valence-corrected chi connectivity index (χ4v) is 3.38. The molecule has 1 aromatic rings. The summed E-state index contributed by atoms with van der Waals surface area (Å²) in [6.07, 6.45) is 8.52. The van der Waals surface area contributed by atoms with Gasteiger partial charge in [-0.2, -0.15) is 0 Å². The lowest BCUT2D eigenvalue weighted by Gasteiger charge is -2.31. The molecule has 1 aromatic carbocycles. The molecule has 0 N–H and O–H groups in total. The second-order valence-corrected chi connectivity index (χ2v) is 7.70. The summed E-state index contributed by atoms with van der Waals surface area (Å²) in [6, 6.07) is 7.56. The van der Waals surface area contributed by atoms with Gasteiger partial charge in [0.2, 0.25) is 0 Å². The van der Waals surface area contributed by atoms with Crippen LogP contribution >= 0.6 is 0 Å². The van der Waals surface area contributed by atoms with Crippen LogP contribution in [-0.2, 0) is 4.74 Å². The summed E-state index contributed by atoms with van der Waals surface area (Å²) in [5, 5.41) is 0. The zero-order valence-corrected chi connectivity index (χ0v) is 17.6. The molecule has 5 nitrogen and oxygen atoms in total. The number of amides is 1. The minimum Gasteiger partial charge on any atom is -0.410 e. The predicted molar refractivity (Wildman–Crippen MR) is 114 cm³/mol. The third-order valence-electron chi connectivity index (χ3n) is 5.15. The maximum absolute atomic E-state index is 12.3. The molecule has 1 saturated heterocycles. The third kappa shape index (κ3) is 8.44.